The second-order valence-electron chi connectivity index (χ2n) is 3.92. The summed E-state index contributed by atoms with van der Waals surface area (Å²) in [5, 5.41) is 0. The highest BCUT2D eigenvalue weighted by Crippen LogP contribution is 2.21. The molecule has 0 spiro atoms. The number of benzene rings is 1. The van der Waals surface area contributed by atoms with Crippen molar-refractivity contribution < 1.29 is 14.3 Å². The third-order valence-corrected chi connectivity index (χ3v) is 2.71. The molecule has 1 aliphatic rings. The molecule has 0 amide bonds. The molecule has 0 N–H and O–H groups in total. The van der Waals surface area contributed by atoms with Gasteiger partial charge in [-0.3, -0.25) is 0 Å². The van der Waals surface area contributed by atoms with Crippen LogP contribution in [0.1, 0.15) is 26.3 Å². The fourth-order valence-corrected chi connectivity index (χ4v) is 1.91. The van der Waals surface area contributed by atoms with E-state index in [1.165, 1.54) is 0 Å². The fourth-order valence-electron chi connectivity index (χ4n) is 1.91. The van der Waals surface area contributed by atoms with Gasteiger partial charge >= 0.3 is 11.9 Å². The molecule has 1 aliphatic heterocycles. The Balaban J connectivity index is 1.92. The number of ether oxygens (including phenoxy) is 1. The Morgan fingerprint density at radius 2 is 1.53 bits per heavy atom. The van der Waals surface area contributed by atoms with Crippen LogP contribution < -0.4 is 0 Å². The summed E-state index contributed by atoms with van der Waals surface area (Å²) in [5.41, 5.74) is 1.82. The predicted molar refractivity (Wildman–Crippen MR) is 59.7 cm³/mol. The largest absolute Gasteiger partial charge is 0.386 e. The summed E-state index contributed by atoms with van der Waals surface area (Å²) in [6, 6.07) is 9.83. The van der Waals surface area contributed by atoms with Gasteiger partial charge in [0, 0.05) is 18.9 Å². The molecular weight excluding hydrogens is 218 g/mol. The first-order chi connectivity index (χ1) is 8.24. The van der Waals surface area contributed by atoms with E-state index in [2.05, 4.69) is 4.74 Å². The van der Waals surface area contributed by atoms with Crippen LogP contribution in [0.2, 0.25) is 0 Å². The number of cyclic esters (lactones) is 2. The molecule has 0 bridgehead atoms. The van der Waals surface area contributed by atoms with Crippen LogP contribution in [-0.4, -0.2) is 16.5 Å². The summed E-state index contributed by atoms with van der Waals surface area (Å²) in [6.45, 7) is 0.633. The number of nitrogens with zero attached hydrogens (tertiary/aromatic N) is 1. The molecule has 0 saturated heterocycles. The van der Waals surface area contributed by atoms with Crippen LogP contribution >= 0.6 is 0 Å². The van der Waals surface area contributed by atoms with Crippen molar-refractivity contribution in [2.75, 3.05) is 0 Å². The smallest absolute Gasteiger partial charge is 0.348 e. The van der Waals surface area contributed by atoms with Gasteiger partial charge in [-0.1, -0.05) is 30.3 Å². The number of aromatic nitrogens is 1. The minimum Gasteiger partial charge on any atom is -0.386 e. The van der Waals surface area contributed by atoms with Gasteiger partial charge in [-0.2, -0.15) is 0 Å². The number of hydrogen-bond donors (Lipinski definition) is 0. The van der Waals surface area contributed by atoms with E-state index in [9.17, 15) is 9.59 Å². The third-order valence-electron chi connectivity index (χ3n) is 2.71. The lowest BCUT2D eigenvalue weighted by Crippen LogP contribution is -2.02. The second-order valence-corrected chi connectivity index (χ2v) is 3.92. The van der Waals surface area contributed by atoms with E-state index < -0.39 is 11.9 Å². The molecule has 2 heterocycles. The summed E-state index contributed by atoms with van der Waals surface area (Å²) < 4.78 is 6.30. The van der Waals surface area contributed by atoms with Gasteiger partial charge in [0.25, 0.3) is 0 Å². The molecule has 0 aliphatic carbocycles. The topological polar surface area (TPSA) is 48.3 Å². The Bertz CT molecular complexity index is 567. The first-order valence-corrected chi connectivity index (χ1v) is 5.24. The van der Waals surface area contributed by atoms with Gasteiger partial charge in [0.2, 0.25) is 0 Å². The zero-order chi connectivity index (χ0) is 11.8. The SMILES string of the molecule is O=C1OC(=O)c2cn(Cc3ccccc3)cc21. The molecule has 0 fully saturated rings. The maximum atomic E-state index is 11.3. The lowest BCUT2D eigenvalue weighted by Gasteiger charge is -2.02. The molecule has 17 heavy (non-hydrogen) atoms. The molecule has 1 aromatic heterocycles. The van der Waals surface area contributed by atoms with Crippen molar-refractivity contribution in [2.45, 2.75) is 6.54 Å². The lowest BCUT2D eigenvalue weighted by atomic mass is 10.2. The van der Waals surface area contributed by atoms with E-state index in [1.807, 2.05) is 34.9 Å². The van der Waals surface area contributed by atoms with Crippen molar-refractivity contribution in [3.8, 4) is 0 Å². The van der Waals surface area contributed by atoms with Gasteiger partial charge in [-0.25, -0.2) is 9.59 Å². The van der Waals surface area contributed by atoms with Crippen LogP contribution in [0.25, 0.3) is 0 Å². The fraction of sp³-hybridized carbons (Fsp3) is 0.0769. The van der Waals surface area contributed by atoms with Crippen LogP contribution in [0.3, 0.4) is 0 Å². The Labute approximate surface area is 97.4 Å². The molecule has 1 aromatic carbocycles. The van der Waals surface area contributed by atoms with Gasteiger partial charge in [0.1, 0.15) is 0 Å². The predicted octanol–water partition coefficient (Wildman–Crippen LogP) is 1.85. The quantitative estimate of drug-likeness (QED) is 0.581. The lowest BCUT2D eigenvalue weighted by molar-refractivity contribution is 0.0442. The van der Waals surface area contributed by atoms with Gasteiger partial charge < -0.3 is 9.30 Å². The van der Waals surface area contributed by atoms with Gasteiger partial charge in [-0.15, -0.1) is 0 Å². The molecule has 4 nitrogen and oxygen atoms in total. The van der Waals surface area contributed by atoms with Crippen molar-refractivity contribution in [2.24, 2.45) is 0 Å². The third kappa shape index (κ3) is 1.63. The molecule has 84 valence electrons. The summed E-state index contributed by atoms with van der Waals surface area (Å²) in [4.78, 5) is 22.6. The molecule has 2 aromatic rings. The average molecular weight is 227 g/mol. The second kappa shape index (κ2) is 3.59. The number of hydrogen-bond acceptors (Lipinski definition) is 3. The number of esters is 2. The molecule has 0 saturated carbocycles. The Morgan fingerprint density at radius 1 is 0.941 bits per heavy atom. The summed E-state index contributed by atoms with van der Waals surface area (Å²) in [7, 11) is 0. The van der Waals surface area contributed by atoms with Crippen LogP contribution in [0.5, 0.6) is 0 Å². The number of carbonyl (C=O) groups is 2. The Kier molecular flexibility index (Phi) is 2.08. The normalized spacial score (nSPS) is 13.6. The summed E-state index contributed by atoms with van der Waals surface area (Å²) in [5.74, 6) is -1.12. The van der Waals surface area contributed by atoms with Crippen molar-refractivity contribution in [3.05, 3.63) is 59.4 Å². The van der Waals surface area contributed by atoms with E-state index in [-0.39, 0.29) is 0 Å². The van der Waals surface area contributed by atoms with Gasteiger partial charge in [-0.05, 0) is 5.56 Å². The van der Waals surface area contributed by atoms with E-state index >= 15 is 0 Å². The van der Waals surface area contributed by atoms with Crippen LogP contribution in [-0.2, 0) is 11.3 Å². The molecular formula is C13H9NO3. The monoisotopic (exact) mass is 227 g/mol. The standard InChI is InChI=1S/C13H9NO3/c15-12-10-7-14(8-11(10)13(16)17-12)6-9-4-2-1-3-5-9/h1-5,7-8H,6H2. The highest BCUT2D eigenvalue weighted by molar-refractivity contribution is 6.14. The van der Waals surface area contributed by atoms with E-state index in [0.29, 0.717) is 17.7 Å². The minimum atomic E-state index is -0.559. The molecule has 0 unspecified atom stereocenters. The first kappa shape index (κ1) is 9.84. The Morgan fingerprint density at radius 3 is 2.12 bits per heavy atom. The average Bonchev–Trinajstić information content (AvgIpc) is 2.83. The summed E-state index contributed by atoms with van der Waals surface area (Å²) >= 11 is 0. The van der Waals surface area contributed by atoms with Crippen molar-refractivity contribution in [3.63, 3.8) is 0 Å². The van der Waals surface area contributed by atoms with Crippen LogP contribution in [0.15, 0.2) is 42.7 Å². The summed E-state index contributed by atoms with van der Waals surface area (Å²) in [6.07, 6.45) is 3.30. The van der Waals surface area contributed by atoms with E-state index in [4.69, 9.17) is 0 Å². The zero-order valence-electron chi connectivity index (χ0n) is 8.92. The number of fused-ring (bicyclic) bond motifs is 1. The molecule has 4 heteroatoms. The maximum absolute atomic E-state index is 11.3. The Hall–Kier alpha value is -2.36. The minimum absolute atomic E-state index is 0.353. The van der Waals surface area contributed by atoms with E-state index in [1.54, 1.807) is 12.4 Å². The maximum Gasteiger partial charge on any atom is 0.348 e. The van der Waals surface area contributed by atoms with Gasteiger partial charge in [0.05, 0.1) is 11.1 Å². The first-order valence-electron chi connectivity index (χ1n) is 5.24. The van der Waals surface area contributed by atoms with Crippen LogP contribution in [0.4, 0.5) is 0 Å². The van der Waals surface area contributed by atoms with E-state index in [0.717, 1.165) is 5.56 Å². The number of carbonyl (C=O) groups excluding carboxylic acids is 2. The van der Waals surface area contributed by atoms with Crippen LogP contribution in [0, 0.1) is 0 Å². The van der Waals surface area contributed by atoms with Crippen molar-refractivity contribution >= 4 is 11.9 Å². The highest BCUT2D eigenvalue weighted by Gasteiger charge is 2.31. The number of rotatable bonds is 2. The van der Waals surface area contributed by atoms with Crippen molar-refractivity contribution in [1.82, 2.24) is 4.57 Å². The molecule has 0 radical (unpaired) electrons. The molecule has 0 atom stereocenters. The highest BCUT2D eigenvalue weighted by atomic mass is 16.6. The van der Waals surface area contributed by atoms with Crippen molar-refractivity contribution in [1.29, 1.82) is 0 Å². The van der Waals surface area contributed by atoms with Gasteiger partial charge in [0.15, 0.2) is 0 Å². The zero-order valence-corrected chi connectivity index (χ0v) is 8.92. The molecule has 3 rings (SSSR count).